The first kappa shape index (κ1) is 22.5. The molecule has 0 aliphatic rings. The van der Waals surface area contributed by atoms with Crippen LogP contribution in [0.15, 0.2) is 48.5 Å². The summed E-state index contributed by atoms with van der Waals surface area (Å²) in [7, 11) is -3.81. The first-order chi connectivity index (χ1) is 13.5. The van der Waals surface area contributed by atoms with E-state index in [9.17, 15) is 26.4 Å². The summed E-state index contributed by atoms with van der Waals surface area (Å²) in [5.41, 5.74) is -0.768. The van der Waals surface area contributed by atoms with E-state index < -0.39 is 34.2 Å². The van der Waals surface area contributed by atoms with Gasteiger partial charge >= 0.3 is 6.18 Å². The lowest BCUT2D eigenvalue weighted by Crippen LogP contribution is -2.37. The summed E-state index contributed by atoms with van der Waals surface area (Å²) in [6.07, 6.45) is -2.81. The van der Waals surface area contributed by atoms with Crippen LogP contribution in [-0.2, 0) is 21.0 Å². The molecule has 0 aromatic heterocycles. The van der Waals surface area contributed by atoms with Crippen molar-refractivity contribution < 1.29 is 31.1 Å². The summed E-state index contributed by atoms with van der Waals surface area (Å²) >= 11 is 0. The molecule has 29 heavy (non-hydrogen) atoms. The summed E-state index contributed by atoms with van der Waals surface area (Å²) in [5, 5.41) is 2.30. The van der Waals surface area contributed by atoms with Crippen LogP contribution in [0.25, 0.3) is 0 Å². The zero-order valence-electron chi connectivity index (χ0n) is 15.9. The van der Waals surface area contributed by atoms with Gasteiger partial charge in [-0.05, 0) is 48.9 Å². The number of alkyl halides is 3. The predicted octanol–water partition coefficient (Wildman–Crippen LogP) is 3.90. The van der Waals surface area contributed by atoms with Gasteiger partial charge in [-0.2, -0.15) is 13.2 Å². The number of nitrogens with one attached hydrogen (secondary N) is 1. The summed E-state index contributed by atoms with van der Waals surface area (Å²) < 4.78 is 68.9. The van der Waals surface area contributed by atoms with E-state index in [1.54, 1.807) is 12.1 Å². The Labute approximate surface area is 167 Å². The molecule has 0 atom stereocenters. The van der Waals surface area contributed by atoms with E-state index in [0.29, 0.717) is 12.4 Å². The van der Waals surface area contributed by atoms with Crippen LogP contribution in [0.2, 0.25) is 0 Å². The largest absolute Gasteiger partial charge is 0.494 e. The molecule has 0 aliphatic carbocycles. The summed E-state index contributed by atoms with van der Waals surface area (Å²) in [5.74, 6) is -0.224. The fourth-order valence-electron chi connectivity index (χ4n) is 2.43. The van der Waals surface area contributed by atoms with Crippen LogP contribution >= 0.6 is 0 Å². The zero-order chi connectivity index (χ0) is 21.7. The molecule has 1 amide bonds. The minimum atomic E-state index is -4.55. The monoisotopic (exact) mass is 430 g/mol. The number of sulfonamides is 1. The molecule has 2 aromatic carbocycles. The lowest BCUT2D eigenvalue weighted by Gasteiger charge is -2.22. The van der Waals surface area contributed by atoms with Crippen molar-refractivity contribution in [3.63, 3.8) is 0 Å². The number of benzene rings is 2. The Morgan fingerprint density at radius 1 is 1.14 bits per heavy atom. The van der Waals surface area contributed by atoms with Gasteiger partial charge in [0, 0.05) is 5.69 Å². The minimum absolute atomic E-state index is 0.0819. The predicted molar refractivity (Wildman–Crippen MR) is 104 cm³/mol. The van der Waals surface area contributed by atoms with E-state index in [1.807, 2.05) is 6.92 Å². The molecule has 0 aliphatic heterocycles. The highest BCUT2D eigenvalue weighted by molar-refractivity contribution is 7.92. The van der Waals surface area contributed by atoms with Crippen molar-refractivity contribution in [2.45, 2.75) is 19.5 Å². The molecule has 1 N–H and O–H groups in total. The molecule has 0 saturated carbocycles. The number of ether oxygens (including phenoxy) is 1. The van der Waals surface area contributed by atoms with Gasteiger partial charge in [0.05, 0.1) is 24.1 Å². The number of hydrogen-bond acceptors (Lipinski definition) is 4. The molecule has 0 saturated heterocycles. The van der Waals surface area contributed by atoms with Crippen molar-refractivity contribution >= 4 is 27.3 Å². The molecule has 10 heteroatoms. The van der Waals surface area contributed by atoms with Gasteiger partial charge in [0.25, 0.3) is 0 Å². The summed E-state index contributed by atoms with van der Waals surface area (Å²) in [6.45, 7) is 1.86. The van der Waals surface area contributed by atoms with E-state index in [1.165, 1.54) is 18.2 Å². The Morgan fingerprint density at radius 2 is 1.79 bits per heavy atom. The van der Waals surface area contributed by atoms with Gasteiger partial charge in [-0.25, -0.2) is 8.42 Å². The number of rotatable bonds is 8. The van der Waals surface area contributed by atoms with Crippen molar-refractivity contribution in [1.29, 1.82) is 0 Å². The number of hydrogen-bond donors (Lipinski definition) is 1. The number of anilines is 2. The zero-order valence-corrected chi connectivity index (χ0v) is 16.7. The summed E-state index contributed by atoms with van der Waals surface area (Å²) in [4.78, 5) is 12.3. The Bertz CT molecular complexity index is 945. The first-order valence-corrected chi connectivity index (χ1v) is 10.5. The Hall–Kier alpha value is -2.75. The number of nitrogens with zero attached hydrogens (tertiary/aromatic N) is 1. The second kappa shape index (κ2) is 9.17. The van der Waals surface area contributed by atoms with E-state index in [-0.39, 0.29) is 11.4 Å². The number of carbonyl (C=O) groups excluding carboxylic acids is 1. The molecule has 0 radical (unpaired) electrons. The fraction of sp³-hybridized carbons (Fsp3) is 0.316. The number of carbonyl (C=O) groups is 1. The van der Waals surface area contributed by atoms with Crippen molar-refractivity contribution in [1.82, 2.24) is 0 Å². The van der Waals surface area contributed by atoms with Crippen LogP contribution in [0.5, 0.6) is 5.75 Å². The minimum Gasteiger partial charge on any atom is -0.494 e. The third-order valence-electron chi connectivity index (χ3n) is 3.76. The van der Waals surface area contributed by atoms with Gasteiger partial charge in [0.15, 0.2) is 0 Å². The van der Waals surface area contributed by atoms with Gasteiger partial charge in [-0.1, -0.05) is 13.0 Å². The van der Waals surface area contributed by atoms with Crippen molar-refractivity contribution in [2.75, 3.05) is 29.0 Å². The molecule has 158 valence electrons. The van der Waals surface area contributed by atoms with Crippen LogP contribution in [0.1, 0.15) is 18.9 Å². The van der Waals surface area contributed by atoms with Crippen LogP contribution in [-0.4, -0.2) is 33.7 Å². The molecular weight excluding hydrogens is 409 g/mol. The Balaban J connectivity index is 2.16. The molecule has 2 rings (SSSR count). The molecular formula is C19H21F3N2O4S. The molecule has 6 nitrogen and oxygen atoms in total. The second-order valence-corrected chi connectivity index (χ2v) is 8.15. The van der Waals surface area contributed by atoms with Crippen LogP contribution in [0, 0.1) is 0 Å². The standard InChI is InChI=1S/C19H21F3N2O4S/c1-3-11-28-17-9-7-16(8-10-17)24(29(2,26)27)13-18(25)23-15-6-4-5-14(12-15)19(20,21)22/h4-10,12H,3,11,13H2,1-2H3,(H,23,25). The van der Waals surface area contributed by atoms with Crippen molar-refractivity contribution in [3.05, 3.63) is 54.1 Å². The molecule has 2 aromatic rings. The maximum Gasteiger partial charge on any atom is 0.416 e. The van der Waals surface area contributed by atoms with Crippen LogP contribution in [0.4, 0.5) is 24.5 Å². The first-order valence-electron chi connectivity index (χ1n) is 8.68. The molecule has 0 spiro atoms. The second-order valence-electron chi connectivity index (χ2n) is 6.24. The highest BCUT2D eigenvalue weighted by Gasteiger charge is 2.30. The molecule has 0 fully saturated rings. The Morgan fingerprint density at radius 3 is 2.34 bits per heavy atom. The van der Waals surface area contributed by atoms with Crippen molar-refractivity contribution in [3.8, 4) is 5.75 Å². The maximum atomic E-state index is 12.8. The highest BCUT2D eigenvalue weighted by Crippen LogP contribution is 2.30. The quantitative estimate of drug-likeness (QED) is 0.689. The lowest BCUT2D eigenvalue weighted by atomic mass is 10.2. The number of halogens is 3. The van der Waals surface area contributed by atoms with E-state index in [2.05, 4.69) is 5.32 Å². The maximum absolute atomic E-state index is 12.8. The van der Waals surface area contributed by atoms with Gasteiger partial charge in [0.2, 0.25) is 15.9 Å². The lowest BCUT2D eigenvalue weighted by molar-refractivity contribution is -0.137. The van der Waals surface area contributed by atoms with Crippen LogP contribution < -0.4 is 14.4 Å². The third kappa shape index (κ3) is 6.67. The Kier molecular flexibility index (Phi) is 7.12. The highest BCUT2D eigenvalue weighted by atomic mass is 32.2. The van der Waals surface area contributed by atoms with Gasteiger partial charge in [-0.3, -0.25) is 9.10 Å². The molecule has 0 unspecified atom stereocenters. The SMILES string of the molecule is CCCOc1ccc(N(CC(=O)Nc2cccc(C(F)(F)F)c2)S(C)(=O)=O)cc1. The van der Waals surface area contributed by atoms with Gasteiger partial charge in [0.1, 0.15) is 12.3 Å². The van der Waals surface area contributed by atoms with E-state index in [4.69, 9.17) is 4.74 Å². The average Bonchev–Trinajstić information content (AvgIpc) is 2.63. The van der Waals surface area contributed by atoms with Crippen LogP contribution in [0.3, 0.4) is 0 Å². The van der Waals surface area contributed by atoms with Gasteiger partial charge in [-0.15, -0.1) is 0 Å². The molecule has 0 heterocycles. The topological polar surface area (TPSA) is 75.7 Å². The van der Waals surface area contributed by atoms with Gasteiger partial charge < -0.3 is 10.1 Å². The fourth-order valence-corrected chi connectivity index (χ4v) is 3.29. The summed E-state index contributed by atoms with van der Waals surface area (Å²) in [6, 6.07) is 10.2. The third-order valence-corrected chi connectivity index (χ3v) is 4.90. The van der Waals surface area contributed by atoms with E-state index >= 15 is 0 Å². The number of amides is 1. The van der Waals surface area contributed by atoms with E-state index in [0.717, 1.165) is 35.2 Å². The smallest absolute Gasteiger partial charge is 0.416 e. The normalized spacial score (nSPS) is 11.8. The van der Waals surface area contributed by atoms with Crippen molar-refractivity contribution in [2.24, 2.45) is 0 Å². The molecule has 0 bridgehead atoms. The average molecular weight is 430 g/mol.